The summed E-state index contributed by atoms with van der Waals surface area (Å²) >= 11 is 0. The molecule has 0 aromatic heterocycles. The number of carbonyl (C=O) groups is 1. The number of ether oxygens (including phenoxy) is 2. The van der Waals surface area contributed by atoms with Gasteiger partial charge in [-0.3, -0.25) is 0 Å². The van der Waals surface area contributed by atoms with Crippen LogP contribution in [0.15, 0.2) is 11.6 Å². The van der Waals surface area contributed by atoms with Crippen LogP contribution in [0.25, 0.3) is 0 Å². The molecule has 3 saturated carbocycles. The Labute approximate surface area is 203 Å². The molecule has 8 atom stereocenters. The third-order valence-corrected chi connectivity index (χ3v) is 10.8. The zero-order chi connectivity index (χ0) is 23.8. The second-order valence-corrected chi connectivity index (χ2v) is 13.1. The number of allylic oxidation sites excluding steroid dienone is 1. The molecule has 0 saturated heterocycles. The summed E-state index contributed by atoms with van der Waals surface area (Å²) in [6.07, 6.45) is 16.9. The summed E-state index contributed by atoms with van der Waals surface area (Å²) in [6.45, 7) is 12.6. The molecule has 3 nitrogen and oxygen atoms in total. The summed E-state index contributed by atoms with van der Waals surface area (Å²) in [5, 5.41) is 0. The Morgan fingerprint density at radius 1 is 1.06 bits per heavy atom. The molecule has 0 radical (unpaired) electrons. The van der Waals surface area contributed by atoms with Crippen LogP contribution in [0.4, 0.5) is 0 Å². The maximum Gasteiger partial charge on any atom is 0.332 e. The Kier molecular flexibility index (Phi) is 7.68. The van der Waals surface area contributed by atoms with Gasteiger partial charge in [0.1, 0.15) is 12.7 Å². The van der Waals surface area contributed by atoms with Crippen molar-refractivity contribution in [2.24, 2.45) is 46.3 Å². The van der Waals surface area contributed by atoms with Crippen molar-refractivity contribution in [3.05, 3.63) is 11.6 Å². The molecule has 3 fully saturated rings. The van der Waals surface area contributed by atoms with Gasteiger partial charge in [0.2, 0.25) is 0 Å². The van der Waals surface area contributed by atoms with Gasteiger partial charge in [0.15, 0.2) is 0 Å². The van der Waals surface area contributed by atoms with Crippen LogP contribution >= 0.6 is 0 Å². The second kappa shape index (κ2) is 10.0. The van der Waals surface area contributed by atoms with Gasteiger partial charge in [0.25, 0.3) is 0 Å². The van der Waals surface area contributed by atoms with E-state index in [9.17, 15) is 4.79 Å². The third kappa shape index (κ3) is 4.82. The summed E-state index contributed by atoms with van der Waals surface area (Å²) in [7, 11) is 1.56. The summed E-state index contributed by atoms with van der Waals surface area (Å²) in [5.74, 6) is 5.00. The second-order valence-electron chi connectivity index (χ2n) is 13.1. The van der Waals surface area contributed by atoms with E-state index in [1.807, 2.05) is 0 Å². The van der Waals surface area contributed by atoms with Crippen LogP contribution in [0.1, 0.15) is 105 Å². The lowest BCUT2D eigenvalue weighted by Gasteiger charge is -2.58. The molecule has 0 heterocycles. The summed E-state index contributed by atoms with van der Waals surface area (Å²) in [4.78, 5) is 12.0. The first-order chi connectivity index (χ1) is 15.7. The summed E-state index contributed by atoms with van der Waals surface area (Å²) in [6, 6.07) is 0. The SMILES string of the molecule is COCC(=O)OC1CCC2(C)C(=CCC3C2CCC2(C)C(C(C)CCCC(C)C)CCC32)C1. The highest BCUT2D eigenvalue weighted by atomic mass is 16.6. The van der Waals surface area contributed by atoms with E-state index in [2.05, 4.69) is 40.7 Å². The molecule has 8 unspecified atom stereocenters. The topological polar surface area (TPSA) is 35.5 Å². The van der Waals surface area contributed by atoms with Gasteiger partial charge < -0.3 is 9.47 Å². The number of methoxy groups -OCH3 is 1. The van der Waals surface area contributed by atoms with Crippen molar-refractivity contribution < 1.29 is 14.3 Å². The predicted molar refractivity (Wildman–Crippen MR) is 135 cm³/mol. The van der Waals surface area contributed by atoms with E-state index in [0.29, 0.717) is 10.8 Å². The number of hydrogen-bond donors (Lipinski definition) is 0. The van der Waals surface area contributed by atoms with Gasteiger partial charge in [-0.2, -0.15) is 0 Å². The minimum Gasteiger partial charge on any atom is -0.460 e. The third-order valence-electron chi connectivity index (χ3n) is 10.8. The van der Waals surface area contributed by atoms with Gasteiger partial charge in [0, 0.05) is 13.5 Å². The maximum atomic E-state index is 12.0. The van der Waals surface area contributed by atoms with Crippen LogP contribution in [0.2, 0.25) is 0 Å². The van der Waals surface area contributed by atoms with E-state index in [-0.39, 0.29) is 18.7 Å². The van der Waals surface area contributed by atoms with Gasteiger partial charge in [-0.15, -0.1) is 0 Å². The van der Waals surface area contributed by atoms with E-state index >= 15 is 0 Å². The van der Waals surface area contributed by atoms with Crippen molar-refractivity contribution in [3.8, 4) is 0 Å². The van der Waals surface area contributed by atoms with Crippen molar-refractivity contribution in [2.75, 3.05) is 13.7 Å². The Morgan fingerprint density at radius 2 is 1.85 bits per heavy atom. The highest BCUT2D eigenvalue weighted by Crippen LogP contribution is 2.67. The predicted octanol–water partition coefficient (Wildman–Crippen LogP) is 7.59. The van der Waals surface area contributed by atoms with Gasteiger partial charge in [-0.1, -0.05) is 65.5 Å². The molecular formula is C30H50O3. The van der Waals surface area contributed by atoms with E-state index in [1.54, 1.807) is 12.7 Å². The number of fused-ring (bicyclic) bond motifs is 5. The van der Waals surface area contributed by atoms with Crippen molar-refractivity contribution in [1.82, 2.24) is 0 Å². The number of rotatable bonds is 8. The first-order valence-electron chi connectivity index (χ1n) is 14.1. The standard InChI is InChI=1S/C30H50O3/c1-20(2)8-7-9-21(3)25-12-13-26-24-11-10-22-18-23(33-28(31)19-32-6)14-16-29(22,4)27(24)15-17-30(25,26)5/h10,20-21,23-27H,7-9,11-19H2,1-6H3. The highest BCUT2D eigenvalue weighted by Gasteiger charge is 2.59. The minimum absolute atomic E-state index is 0.0416. The molecule has 4 aliphatic rings. The maximum absolute atomic E-state index is 12.0. The molecule has 0 bridgehead atoms. The van der Waals surface area contributed by atoms with E-state index in [0.717, 1.165) is 48.3 Å². The van der Waals surface area contributed by atoms with Crippen LogP contribution < -0.4 is 0 Å². The minimum atomic E-state index is -0.215. The normalized spacial score (nSPS) is 41.1. The molecule has 0 aliphatic heterocycles. The molecule has 0 aromatic rings. The quantitative estimate of drug-likeness (QED) is 0.278. The Hall–Kier alpha value is -0.830. The van der Waals surface area contributed by atoms with Crippen molar-refractivity contribution in [1.29, 1.82) is 0 Å². The fraction of sp³-hybridized carbons (Fsp3) is 0.900. The van der Waals surface area contributed by atoms with Crippen molar-refractivity contribution in [3.63, 3.8) is 0 Å². The molecule has 0 N–H and O–H groups in total. The number of hydrogen-bond acceptors (Lipinski definition) is 3. The lowest BCUT2D eigenvalue weighted by Crippen LogP contribution is -2.51. The van der Waals surface area contributed by atoms with E-state index in [1.165, 1.54) is 57.8 Å². The van der Waals surface area contributed by atoms with Crippen LogP contribution in [-0.4, -0.2) is 25.8 Å². The molecule has 4 aliphatic carbocycles. The number of carbonyl (C=O) groups excluding carboxylic acids is 1. The van der Waals surface area contributed by atoms with Gasteiger partial charge in [0.05, 0.1) is 0 Å². The van der Waals surface area contributed by atoms with Crippen molar-refractivity contribution in [2.45, 2.75) is 111 Å². The van der Waals surface area contributed by atoms with Gasteiger partial charge in [-0.25, -0.2) is 4.79 Å². The van der Waals surface area contributed by atoms with Crippen LogP contribution in [0.3, 0.4) is 0 Å². The molecule has 0 spiro atoms. The monoisotopic (exact) mass is 458 g/mol. The Bertz CT molecular complexity index is 726. The largest absolute Gasteiger partial charge is 0.460 e. The molecular weight excluding hydrogens is 408 g/mol. The van der Waals surface area contributed by atoms with E-state index in [4.69, 9.17) is 9.47 Å². The fourth-order valence-corrected chi connectivity index (χ4v) is 9.09. The molecule has 33 heavy (non-hydrogen) atoms. The first kappa shape index (κ1) is 25.3. The smallest absolute Gasteiger partial charge is 0.332 e. The van der Waals surface area contributed by atoms with Crippen molar-refractivity contribution >= 4 is 5.97 Å². The average Bonchev–Trinajstić information content (AvgIpc) is 3.11. The Morgan fingerprint density at radius 3 is 2.58 bits per heavy atom. The zero-order valence-corrected chi connectivity index (χ0v) is 22.3. The molecule has 0 amide bonds. The number of esters is 1. The van der Waals surface area contributed by atoms with Crippen LogP contribution in [0.5, 0.6) is 0 Å². The molecule has 188 valence electrons. The average molecular weight is 459 g/mol. The molecule has 3 heteroatoms. The molecule has 4 rings (SSSR count). The lowest BCUT2D eigenvalue weighted by molar-refractivity contribution is -0.155. The fourth-order valence-electron chi connectivity index (χ4n) is 9.09. The van der Waals surface area contributed by atoms with E-state index < -0.39 is 0 Å². The van der Waals surface area contributed by atoms with Gasteiger partial charge >= 0.3 is 5.97 Å². The highest BCUT2D eigenvalue weighted by molar-refractivity contribution is 5.70. The summed E-state index contributed by atoms with van der Waals surface area (Å²) in [5.41, 5.74) is 2.45. The Balaban J connectivity index is 1.43. The lowest BCUT2D eigenvalue weighted by atomic mass is 9.47. The van der Waals surface area contributed by atoms with Gasteiger partial charge in [-0.05, 0) is 91.3 Å². The van der Waals surface area contributed by atoms with Crippen LogP contribution in [0, 0.1) is 46.3 Å². The zero-order valence-electron chi connectivity index (χ0n) is 22.3. The molecule has 0 aromatic carbocycles. The van der Waals surface area contributed by atoms with Crippen LogP contribution in [-0.2, 0) is 14.3 Å². The first-order valence-corrected chi connectivity index (χ1v) is 14.1. The summed E-state index contributed by atoms with van der Waals surface area (Å²) < 4.78 is 10.7.